The van der Waals surface area contributed by atoms with E-state index in [1.54, 1.807) is 0 Å². The minimum absolute atomic E-state index is 0.0446. The van der Waals surface area contributed by atoms with E-state index in [4.69, 9.17) is 0 Å². The highest BCUT2D eigenvalue weighted by atomic mass is 16.4. The lowest BCUT2D eigenvalue weighted by Crippen LogP contribution is -2.51. The molecule has 1 atom stereocenters. The van der Waals surface area contributed by atoms with Crippen molar-refractivity contribution in [2.45, 2.75) is 58.4 Å². The number of carbonyl (C=O) groups is 1. The van der Waals surface area contributed by atoms with Crippen molar-refractivity contribution >= 4 is 5.97 Å². The summed E-state index contributed by atoms with van der Waals surface area (Å²) in [6.45, 7) is 6.04. The van der Waals surface area contributed by atoms with Gasteiger partial charge in [0, 0.05) is 12.6 Å². The monoisotopic (exact) mass is 239 g/mol. The average molecular weight is 239 g/mol. The Morgan fingerprint density at radius 3 is 2.47 bits per heavy atom. The van der Waals surface area contributed by atoms with Crippen LogP contribution in [0.5, 0.6) is 0 Å². The molecule has 1 unspecified atom stereocenters. The maximum absolute atomic E-state index is 11.4. The lowest BCUT2D eigenvalue weighted by atomic mass is 9.72. The molecule has 2 aliphatic rings. The third-order valence-corrected chi connectivity index (χ3v) is 4.79. The maximum atomic E-state index is 11.4. The molecule has 3 nitrogen and oxygen atoms in total. The van der Waals surface area contributed by atoms with Gasteiger partial charge in [-0.15, -0.1) is 0 Å². The van der Waals surface area contributed by atoms with Gasteiger partial charge in [-0.1, -0.05) is 33.1 Å². The van der Waals surface area contributed by atoms with Crippen LogP contribution in [0.3, 0.4) is 0 Å². The fourth-order valence-electron chi connectivity index (χ4n) is 3.37. The van der Waals surface area contributed by atoms with Crippen LogP contribution in [-0.4, -0.2) is 35.1 Å². The second-order valence-corrected chi connectivity index (χ2v) is 6.42. The van der Waals surface area contributed by atoms with Crippen LogP contribution in [0, 0.1) is 11.3 Å². The van der Waals surface area contributed by atoms with Crippen LogP contribution >= 0.6 is 0 Å². The molecule has 0 amide bonds. The van der Waals surface area contributed by atoms with Crippen molar-refractivity contribution in [1.82, 2.24) is 4.90 Å². The first-order chi connectivity index (χ1) is 8.00. The van der Waals surface area contributed by atoms with Gasteiger partial charge in [0.2, 0.25) is 0 Å². The van der Waals surface area contributed by atoms with Crippen LogP contribution in [-0.2, 0) is 4.79 Å². The highest BCUT2D eigenvalue weighted by Gasteiger charge is 2.41. The molecule has 0 spiro atoms. The standard InChI is InChI=1S/C14H25NO2/c1-14(2)8-9-15(10-12(14)13(16)17)11-6-4-3-5-7-11/h11-12H,3-10H2,1-2H3,(H,16,17). The number of carboxylic acids is 1. The van der Waals surface area contributed by atoms with Crippen LogP contribution in [0.25, 0.3) is 0 Å². The number of piperidine rings is 1. The fraction of sp³-hybridized carbons (Fsp3) is 0.929. The lowest BCUT2D eigenvalue weighted by molar-refractivity contribution is -0.150. The van der Waals surface area contributed by atoms with Gasteiger partial charge in [0.05, 0.1) is 5.92 Å². The van der Waals surface area contributed by atoms with Crippen LogP contribution in [0.1, 0.15) is 52.4 Å². The smallest absolute Gasteiger partial charge is 0.308 e. The predicted molar refractivity (Wildman–Crippen MR) is 68.0 cm³/mol. The Morgan fingerprint density at radius 1 is 1.24 bits per heavy atom. The number of hydrogen-bond acceptors (Lipinski definition) is 2. The summed E-state index contributed by atoms with van der Waals surface area (Å²) in [5.41, 5.74) is -0.0446. The minimum Gasteiger partial charge on any atom is -0.481 e. The van der Waals surface area contributed by atoms with Crippen molar-refractivity contribution in [3.8, 4) is 0 Å². The second kappa shape index (κ2) is 4.97. The molecule has 98 valence electrons. The molecule has 1 aliphatic carbocycles. The Morgan fingerprint density at radius 2 is 1.88 bits per heavy atom. The van der Waals surface area contributed by atoms with Crippen molar-refractivity contribution in [3.63, 3.8) is 0 Å². The molecule has 0 aromatic heterocycles. The summed E-state index contributed by atoms with van der Waals surface area (Å²) in [5.74, 6) is -0.811. The van der Waals surface area contributed by atoms with Gasteiger partial charge in [-0.25, -0.2) is 0 Å². The molecule has 1 heterocycles. The van der Waals surface area contributed by atoms with E-state index < -0.39 is 5.97 Å². The zero-order valence-electron chi connectivity index (χ0n) is 11.1. The largest absolute Gasteiger partial charge is 0.481 e. The molecule has 0 aromatic rings. The summed E-state index contributed by atoms with van der Waals surface area (Å²) in [6, 6.07) is 0.654. The van der Waals surface area contributed by atoms with Gasteiger partial charge >= 0.3 is 5.97 Å². The van der Waals surface area contributed by atoms with Crippen molar-refractivity contribution in [2.24, 2.45) is 11.3 Å². The van der Waals surface area contributed by atoms with Gasteiger partial charge < -0.3 is 5.11 Å². The molecule has 0 aromatic carbocycles. The van der Waals surface area contributed by atoms with E-state index in [9.17, 15) is 9.90 Å². The minimum atomic E-state index is -0.615. The number of hydrogen-bond donors (Lipinski definition) is 1. The Kier molecular flexibility index (Phi) is 3.76. The average Bonchev–Trinajstić information content (AvgIpc) is 2.29. The summed E-state index contributed by atoms with van der Waals surface area (Å²) >= 11 is 0. The highest BCUT2D eigenvalue weighted by molar-refractivity contribution is 5.71. The summed E-state index contributed by atoms with van der Waals surface area (Å²) in [7, 11) is 0. The quantitative estimate of drug-likeness (QED) is 0.805. The third kappa shape index (κ3) is 2.82. The summed E-state index contributed by atoms with van der Waals surface area (Å²) in [6.07, 6.45) is 7.56. The van der Waals surface area contributed by atoms with Crippen LogP contribution in [0.15, 0.2) is 0 Å². The number of nitrogens with zero attached hydrogens (tertiary/aromatic N) is 1. The molecule has 17 heavy (non-hydrogen) atoms. The van der Waals surface area contributed by atoms with E-state index in [1.807, 2.05) is 0 Å². The molecule has 0 radical (unpaired) electrons. The maximum Gasteiger partial charge on any atom is 0.308 e. The van der Waals surface area contributed by atoms with E-state index in [1.165, 1.54) is 32.1 Å². The van der Waals surface area contributed by atoms with E-state index in [-0.39, 0.29) is 11.3 Å². The molecule has 1 aliphatic heterocycles. The molecule has 2 fully saturated rings. The first-order valence-corrected chi connectivity index (χ1v) is 6.97. The molecule has 1 saturated heterocycles. The number of carboxylic acid groups (broad SMARTS) is 1. The van der Waals surface area contributed by atoms with Gasteiger partial charge in [-0.2, -0.15) is 0 Å². The molecule has 3 heteroatoms. The van der Waals surface area contributed by atoms with Gasteiger partial charge in [-0.3, -0.25) is 9.69 Å². The van der Waals surface area contributed by atoms with E-state index in [0.717, 1.165) is 19.5 Å². The van der Waals surface area contributed by atoms with Crippen molar-refractivity contribution in [2.75, 3.05) is 13.1 Å². The number of aliphatic carboxylic acids is 1. The van der Waals surface area contributed by atoms with Gasteiger partial charge in [0.1, 0.15) is 0 Å². The second-order valence-electron chi connectivity index (χ2n) is 6.42. The van der Waals surface area contributed by atoms with E-state index in [0.29, 0.717) is 6.04 Å². The lowest BCUT2D eigenvalue weighted by Gasteiger charge is -2.45. The van der Waals surface area contributed by atoms with Gasteiger partial charge in [0.15, 0.2) is 0 Å². The molecule has 0 bridgehead atoms. The Bertz CT molecular complexity index is 282. The number of rotatable bonds is 2. The van der Waals surface area contributed by atoms with E-state index in [2.05, 4.69) is 18.7 Å². The van der Waals surface area contributed by atoms with Crippen molar-refractivity contribution in [3.05, 3.63) is 0 Å². The normalized spacial score (nSPS) is 31.3. The van der Waals surface area contributed by atoms with Crippen LogP contribution in [0.2, 0.25) is 0 Å². The van der Waals surface area contributed by atoms with Crippen LogP contribution in [0.4, 0.5) is 0 Å². The van der Waals surface area contributed by atoms with Gasteiger partial charge in [-0.05, 0) is 31.2 Å². The molecule has 1 saturated carbocycles. The fourth-order valence-corrected chi connectivity index (χ4v) is 3.37. The first-order valence-electron chi connectivity index (χ1n) is 6.97. The van der Waals surface area contributed by atoms with Gasteiger partial charge in [0.25, 0.3) is 0 Å². The summed E-state index contributed by atoms with van der Waals surface area (Å²) in [4.78, 5) is 13.8. The van der Waals surface area contributed by atoms with Crippen molar-refractivity contribution in [1.29, 1.82) is 0 Å². The summed E-state index contributed by atoms with van der Waals surface area (Å²) < 4.78 is 0. The molecule has 1 N–H and O–H groups in total. The Hall–Kier alpha value is -0.570. The summed E-state index contributed by atoms with van der Waals surface area (Å²) in [5, 5.41) is 9.36. The van der Waals surface area contributed by atoms with Crippen LogP contribution < -0.4 is 0 Å². The molecular weight excluding hydrogens is 214 g/mol. The topological polar surface area (TPSA) is 40.5 Å². The molecular formula is C14H25NO2. The Balaban J connectivity index is 2.00. The highest BCUT2D eigenvalue weighted by Crippen LogP contribution is 2.38. The predicted octanol–water partition coefficient (Wildman–Crippen LogP) is 2.75. The van der Waals surface area contributed by atoms with Crippen molar-refractivity contribution < 1.29 is 9.90 Å². The van der Waals surface area contributed by atoms with E-state index >= 15 is 0 Å². The number of likely N-dealkylation sites (tertiary alicyclic amines) is 1. The third-order valence-electron chi connectivity index (χ3n) is 4.79. The zero-order valence-corrected chi connectivity index (χ0v) is 11.1. The zero-order chi connectivity index (χ0) is 12.5. The SMILES string of the molecule is CC1(C)CCN(C2CCCCC2)CC1C(=O)O. The Labute approximate surface area is 104 Å². The molecule has 2 rings (SSSR count). The first kappa shape index (κ1) is 12.9.